The average molecular weight is 172 g/mol. The second-order valence-electron chi connectivity index (χ2n) is 3.75. The standard InChI is InChI=1S/C10H21NO/c1-5-6-10(8(2)3)11-7-9(4)12/h5,8-12H,1,6-7H2,2-4H3/p+1/t9-,10+/m1/s1. The molecule has 12 heavy (non-hydrogen) atoms. The van der Waals surface area contributed by atoms with Crippen molar-refractivity contribution in [2.45, 2.75) is 39.3 Å². The van der Waals surface area contributed by atoms with E-state index in [2.05, 4.69) is 25.7 Å². The number of hydrogen-bond donors (Lipinski definition) is 2. The fourth-order valence-electron chi connectivity index (χ4n) is 1.20. The third-order valence-corrected chi connectivity index (χ3v) is 2.08. The fourth-order valence-corrected chi connectivity index (χ4v) is 1.20. The van der Waals surface area contributed by atoms with Gasteiger partial charge in [-0.1, -0.05) is 19.9 Å². The Balaban J connectivity index is 3.70. The molecule has 0 aliphatic heterocycles. The van der Waals surface area contributed by atoms with Gasteiger partial charge in [-0.05, 0) is 6.92 Å². The molecule has 0 aliphatic carbocycles. The van der Waals surface area contributed by atoms with E-state index in [0.29, 0.717) is 12.0 Å². The lowest BCUT2D eigenvalue weighted by Gasteiger charge is -2.18. The van der Waals surface area contributed by atoms with Gasteiger partial charge in [-0.25, -0.2) is 0 Å². The molecule has 0 spiro atoms. The maximum absolute atomic E-state index is 9.09. The molecule has 2 heteroatoms. The second kappa shape index (κ2) is 6.21. The summed E-state index contributed by atoms with van der Waals surface area (Å²) in [5.74, 6) is 0.641. The van der Waals surface area contributed by atoms with Crippen molar-refractivity contribution < 1.29 is 10.4 Å². The van der Waals surface area contributed by atoms with Crippen LogP contribution in [0.1, 0.15) is 27.2 Å². The zero-order valence-electron chi connectivity index (χ0n) is 8.46. The van der Waals surface area contributed by atoms with E-state index in [1.807, 2.05) is 13.0 Å². The lowest BCUT2D eigenvalue weighted by molar-refractivity contribution is -0.699. The molecule has 0 aromatic heterocycles. The molecule has 3 N–H and O–H groups in total. The SMILES string of the molecule is C=CC[C@H]([NH2+]C[C@@H](C)O)C(C)C. The molecule has 0 radical (unpaired) electrons. The molecule has 0 saturated heterocycles. The van der Waals surface area contributed by atoms with Crippen molar-refractivity contribution in [3.63, 3.8) is 0 Å². The minimum Gasteiger partial charge on any atom is -0.388 e. The minimum absolute atomic E-state index is 0.212. The average Bonchev–Trinajstić information content (AvgIpc) is 1.96. The van der Waals surface area contributed by atoms with Gasteiger partial charge in [-0.2, -0.15) is 0 Å². The van der Waals surface area contributed by atoms with Crippen LogP contribution in [-0.2, 0) is 0 Å². The third-order valence-electron chi connectivity index (χ3n) is 2.08. The Morgan fingerprint density at radius 2 is 2.00 bits per heavy atom. The maximum atomic E-state index is 9.09. The predicted molar refractivity (Wildman–Crippen MR) is 51.9 cm³/mol. The zero-order valence-corrected chi connectivity index (χ0v) is 8.46. The van der Waals surface area contributed by atoms with Crippen LogP contribution in [0.4, 0.5) is 0 Å². The van der Waals surface area contributed by atoms with E-state index in [0.717, 1.165) is 13.0 Å². The molecule has 0 unspecified atom stereocenters. The Hall–Kier alpha value is -0.340. The van der Waals surface area contributed by atoms with E-state index >= 15 is 0 Å². The number of nitrogens with two attached hydrogens (primary N) is 1. The van der Waals surface area contributed by atoms with Crippen molar-refractivity contribution >= 4 is 0 Å². The summed E-state index contributed by atoms with van der Waals surface area (Å²) < 4.78 is 0. The van der Waals surface area contributed by atoms with Gasteiger partial charge in [0.15, 0.2) is 0 Å². The normalized spacial score (nSPS) is 16.1. The highest BCUT2D eigenvalue weighted by Crippen LogP contribution is 2.01. The maximum Gasteiger partial charge on any atom is 0.102 e. The lowest BCUT2D eigenvalue weighted by atomic mass is 10.0. The topological polar surface area (TPSA) is 36.8 Å². The highest BCUT2D eigenvalue weighted by atomic mass is 16.3. The lowest BCUT2D eigenvalue weighted by Crippen LogP contribution is -2.92. The van der Waals surface area contributed by atoms with Crippen LogP contribution in [-0.4, -0.2) is 23.8 Å². The van der Waals surface area contributed by atoms with E-state index in [9.17, 15) is 0 Å². The van der Waals surface area contributed by atoms with Gasteiger partial charge in [0.2, 0.25) is 0 Å². The van der Waals surface area contributed by atoms with Crippen LogP contribution in [0.5, 0.6) is 0 Å². The number of aliphatic hydroxyl groups is 1. The third kappa shape index (κ3) is 5.33. The number of rotatable bonds is 6. The Labute approximate surface area is 75.7 Å². The van der Waals surface area contributed by atoms with E-state index in [1.54, 1.807) is 0 Å². The van der Waals surface area contributed by atoms with Crippen LogP contribution in [0, 0.1) is 5.92 Å². The minimum atomic E-state index is -0.212. The molecular weight excluding hydrogens is 150 g/mol. The molecule has 0 aromatic carbocycles. The van der Waals surface area contributed by atoms with Crippen LogP contribution < -0.4 is 5.32 Å². The van der Waals surface area contributed by atoms with E-state index in [4.69, 9.17) is 5.11 Å². The summed E-state index contributed by atoms with van der Waals surface area (Å²) in [5.41, 5.74) is 0. The monoisotopic (exact) mass is 172 g/mol. The van der Waals surface area contributed by atoms with Crippen LogP contribution in [0.15, 0.2) is 12.7 Å². The Morgan fingerprint density at radius 1 is 1.42 bits per heavy atom. The quantitative estimate of drug-likeness (QED) is 0.563. The van der Waals surface area contributed by atoms with Gasteiger partial charge in [0.1, 0.15) is 6.54 Å². The molecular formula is C10H22NO+. The first-order valence-corrected chi connectivity index (χ1v) is 4.70. The van der Waals surface area contributed by atoms with Gasteiger partial charge in [-0.15, -0.1) is 6.58 Å². The first kappa shape index (κ1) is 11.7. The van der Waals surface area contributed by atoms with Crippen molar-refractivity contribution in [2.24, 2.45) is 5.92 Å². The summed E-state index contributed by atoms with van der Waals surface area (Å²) in [4.78, 5) is 0. The van der Waals surface area contributed by atoms with E-state index in [-0.39, 0.29) is 6.10 Å². The van der Waals surface area contributed by atoms with Gasteiger partial charge < -0.3 is 10.4 Å². The molecule has 0 heterocycles. The summed E-state index contributed by atoms with van der Waals surface area (Å²) in [6.45, 7) is 10.7. The molecule has 0 aliphatic rings. The molecule has 2 nitrogen and oxygen atoms in total. The zero-order chi connectivity index (χ0) is 9.56. The summed E-state index contributed by atoms with van der Waals surface area (Å²) in [7, 11) is 0. The summed E-state index contributed by atoms with van der Waals surface area (Å²) in [6, 6.07) is 0.567. The second-order valence-corrected chi connectivity index (χ2v) is 3.75. The van der Waals surface area contributed by atoms with Crippen molar-refractivity contribution in [1.29, 1.82) is 0 Å². The first-order valence-electron chi connectivity index (χ1n) is 4.70. The summed E-state index contributed by atoms with van der Waals surface area (Å²) in [6.07, 6.45) is 2.75. The molecule has 0 saturated carbocycles. The van der Waals surface area contributed by atoms with Gasteiger partial charge in [0.25, 0.3) is 0 Å². The number of hydrogen-bond acceptors (Lipinski definition) is 1. The van der Waals surface area contributed by atoms with Crippen molar-refractivity contribution in [3.8, 4) is 0 Å². The fraction of sp³-hybridized carbons (Fsp3) is 0.800. The Morgan fingerprint density at radius 3 is 2.33 bits per heavy atom. The number of quaternary nitrogens is 1. The Bertz CT molecular complexity index is 121. The predicted octanol–water partition coefficient (Wildman–Crippen LogP) is 0.531. The van der Waals surface area contributed by atoms with Crippen molar-refractivity contribution in [1.82, 2.24) is 0 Å². The molecule has 0 fully saturated rings. The van der Waals surface area contributed by atoms with Crippen LogP contribution in [0.2, 0.25) is 0 Å². The van der Waals surface area contributed by atoms with E-state index < -0.39 is 0 Å². The van der Waals surface area contributed by atoms with Crippen LogP contribution in [0.3, 0.4) is 0 Å². The highest BCUT2D eigenvalue weighted by molar-refractivity contribution is 4.73. The molecule has 0 bridgehead atoms. The van der Waals surface area contributed by atoms with Crippen LogP contribution in [0.25, 0.3) is 0 Å². The summed E-state index contributed by atoms with van der Waals surface area (Å²) >= 11 is 0. The first-order chi connectivity index (χ1) is 5.57. The largest absolute Gasteiger partial charge is 0.388 e. The van der Waals surface area contributed by atoms with E-state index in [1.165, 1.54) is 0 Å². The smallest absolute Gasteiger partial charge is 0.102 e. The van der Waals surface area contributed by atoms with Gasteiger partial charge in [0.05, 0.1) is 12.1 Å². The molecule has 72 valence electrons. The molecule has 0 amide bonds. The van der Waals surface area contributed by atoms with Gasteiger partial charge in [-0.3, -0.25) is 0 Å². The van der Waals surface area contributed by atoms with Crippen molar-refractivity contribution in [3.05, 3.63) is 12.7 Å². The number of aliphatic hydroxyl groups excluding tert-OH is 1. The molecule has 0 rings (SSSR count). The van der Waals surface area contributed by atoms with Crippen LogP contribution >= 0.6 is 0 Å². The summed E-state index contributed by atoms with van der Waals surface area (Å²) in [5, 5.41) is 11.3. The van der Waals surface area contributed by atoms with Crippen molar-refractivity contribution in [2.75, 3.05) is 6.54 Å². The molecule has 2 atom stereocenters. The Kier molecular flexibility index (Phi) is 6.03. The molecule has 0 aromatic rings. The van der Waals surface area contributed by atoms with Gasteiger partial charge in [0, 0.05) is 12.3 Å². The van der Waals surface area contributed by atoms with Gasteiger partial charge >= 0.3 is 0 Å². The highest BCUT2D eigenvalue weighted by Gasteiger charge is 2.14.